The topological polar surface area (TPSA) is 64.7 Å². The number of hydrogen-bond donors (Lipinski definition) is 2. The highest BCUT2D eigenvalue weighted by atomic mass is 16.2. The summed E-state index contributed by atoms with van der Waals surface area (Å²) in [4.78, 5) is 29.4. The van der Waals surface area contributed by atoms with Crippen LogP contribution in [0.3, 0.4) is 0 Å². The molecule has 2 amide bonds. The Kier molecular flexibility index (Phi) is 5.89. The molecule has 3 saturated heterocycles. The number of nitrogens with zero attached hydrogens (tertiary/aromatic N) is 2. The van der Waals surface area contributed by atoms with Crippen molar-refractivity contribution >= 4 is 11.8 Å². The van der Waals surface area contributed by atoms with Crippen molar-refractivity contribution in [3.63, 3.8) is 0 Å². The standard InChI is InChI=1S/C17H30N4O2/c22-16(14-2-6-18-7-3-14)20-10-1-11-21(13-12-20)17(23)15-4-8-19-9-5-15/h14-15,18-19H,1-13H2. The Balaban J connectivity index is 1.52. The first-order valence-electron chi connectivity index (χ1n) is 9.24. The third-order valence-electron chi connectivity index (χ3n) is 5.50. The molecule has 3 heterocycles. The van der Waals surface area contributed by atoms with Gasteiger partial charge in [-0.05, 0) is 58.3 Å². The predicted molar refractivity (Wildman–Crippen MR) is 89.0 cm³/mol. The number of piperidine rings is 2. The molecule has 0 aromatic heterocycles. The van der Waals surface area contributed by atoms with Gasteiger partial charge in [-0.25, -0.2) is 0 Å². The van der Waals surface area contributed by atoms with Crippen LogP contribution in [0, 0.1) is 11.8 Å². The lowest BCUT2D eigenvalue weighted by Crippen LogP contribution is -2.44. The molecule has 0 aliphatic carbocycles. The van der Waals surface area contributed by atoms with Crippen LogP contribution < -0.4 is 10.6 Å². The Bertz CT molecular complexity index is 379. The number of carbonyl (C=O) groups is 2. The van der Waals surface area contributed by atoms with Gasteiger partial charge in [-0.15, -0.1) is 0 Å². The van der Waals surface area contributed by atoms with Gasteiger partial charge in [-0.1, -0.05) is 0 Å². The molecule has 3 aliphatic rings. The van der Waals surface area contributed by atoms with Crippen molar-refractivity contribution in [2.75, 3.05) is 52.4 Å². The number of nitrogens with one attached hydrogen (secondary N) is 2. The van der Waals surface area contributed by atoms with Gasteiger partial charge in [0.15, 0.2) is 0 Å². The van der Waals surface area contributed by atoms with Crippen LogP contribution in [0.2, 0.25) is 0 Å². The third-order valence-corrected chi connectivity index (χ3v) is 5.50. The number of rotatable bonds is 2. The lowest BCUT2D eigenvalue weighted by Gasteiger charge is -2.30. The van der Waals surface area contributed by atoms with Crippen molar-refractivity contribution in [1.82, 2.24) is 20.4 Å². The normalized spacial score (nSPS) is 25.2. The van der Waals surface area contributed by atoms with Gasteiger partial charge < -0.3 is 20.4 Å². The molecule has 6 heteroatoms. The second-order valence-electron chi connectivity index (χ2n) is 7.05. The molecule has 6 nitrogen and oxygen atoms in total. The number of carbonyl (C=O) groups excluding carboxylic acids is 2. The van der Waals surface area contributed by atoms with Gasteiger partial charge in [0.05, 0.1) is 0 Å². The van der Waals surface area contributed by atoms with Crippen LogP contribution >= 0.6 is 0 Å². The quantitative estimate of drug-likeness (QED) is 0.754. The van der Waals surface area contributed by atoms with Gasteiger partial charge in [0, 0.05) is 38.0 Å². The molecule has 0 aromatic carbocycles. The summed E-state index contributed by atoms with van der Waals surface area (Å²) in [7, 11) is 0. The summed E-state index contributed by atoms with van der Waals surface area (Å²) in [5.74, 6) is 0.983. The molecule has 23 heavy (non-hydrogen) atoms. The van der Waals surface area contributed by atoms with Crippen molar-refractivity contribution in [1.29, 1.82) is 0 Å². The van der Waals surface area contributed by atoms with Crippen LogP contribution in [0.1, 0.15) is 32.1 Å². The maximum atomic E-state index is 12.7. The van der Waals surface area contributed by atoms with Gasteiger partial charge >= 0.3 is 0 Å². The third kappa shape index (κ3) is 4.23. The van der Waals surface area contributed by atoms with E-state index in [-0.39, 0.29) is 11.8 Å². The minimum absolute atomic E-state index is 0.183. The van der Waals surface area contributed by atoms with E-state index in [0.717, 1.165) is 71.4 Å². The van der Waals surface area contributed by atoms with E-state index >= 15 is 0 Å². The molecule has 3 fully saturated rings. The average Bonchev–Trinajstić information content (AvgIpc) is 2.88. The fourth-order valence-electron chi connectivity index (χ4n) is 4.01. The van der Waals surface area contributed by atoms with Gasteiger partial charge in [0.1, 0.15) is 0 Å². The predicted octanol–water partition coefficient (Wildman–Crippen LogP) is 0.0465. The van der Waals surface area contributed by atoms with Crippen molar-refractivity contribution < 1.29 is 9.59 Å². The second kappa shape index (κ2) is 8.11. The molecule has 0 atom stereocenters. The van der Waals surface area contributed by atoms with E-state index in [1.807, 2.05) is 9.80 Å². The van der Waals surface area contributed by atoms with E-state index in [2.05, 4.69) is 10.6 Å². The minimum atomic E-state index is 0.183. The zero-order valence-electron chi connectivity index (χ0n) is 14.1. The van der Waals surface area contributed by atoms with Gasteiger partial charge in [-0.3, -0.25) is 9.59 Å². The first-order valence-corrected chi connectivity index (χ1v) is 9.24. The molecular weight excluding hydrogens is 292 g/mol. The summed E-state index contributed by atoms with van der Waals surface area (Å²) in [5, 5.41) is 6.63. The van der Waals surface area contributed by atoms with E-state index in [0.29, 0.717) is 24.9 Å². The van der Waals surface area contributed by atoms with Crippen molar-refractivity contribution in [3.8, 4) is 0 Å². The van der Waals surface area contributed by atoms with Crippen LogP contribution in [-0.2, 0) is 9.59 Å². The largest absolute Gasteiger partial charge is 0.341 e. The molecule has 0 saturated carbocycles. The van der Waals surface area contributed by atoms with E-state index in [9.17, 15) is 9.59 Å². The Morgan fingerprint density at radius 2 is 1.04 bits per heavy atom. The molecule has 0 radical (unpaired) electrons. The lowest BCUT2D eigenvalue weighted by atomic mass is 9.96. The highest BCUT2D eigenvalue weighted by Crippen LogP contribution is 2.19. The Morgan fingerprint density at radius 3 is 1.43 bits per heavy atom. The summed E-state index contributed by atoms with van der Waals surface area (Å²) in [6.07, 6.45) is 4.72. The molecular formula is C17H30N4O2. The zero-order valence-corrected chi connectivity index (χ0v) is 14.1. The van der Waals surface area contributed by atoms with Gasteiger partial charge in [0.2, 0.25) is 11.8 Å². The van der Waals surface area contributed by atoms with E-state index in [1.54, 1.807) is 0 Å². The Morgan fingerprint density at radius 1 is 0.652 bits per heavy atom. The SMILES string of the molecule is O=C(C1CCNCC1)N1CCCN(C(=O)C2CCNCC2)CC1. The monoisotopic (exact) mass is 322 g/mol. The minimum Gasteiger partial charge on any atom is -0.341 e. The van der Waals surface area contributed by atoms with E-state index < -0.39 is 0 Å². The molecule has 0 unspecified atom stereocenters. The van der Waals surface area contributed by atoms with Crippen molar-refractivity contribution in [2.45, 2.75) is 32.1 Å². The highest BCUT2D eigenvalue weighted by molar-refractivity contribution is 5.80. The maximum absolute atomic E-state index is 12.7. The van der Waals surface area contributed by atoms with Crippen molar-refractivity contribution in [2.24, 2.45) is 11.8 Å². The molecule has 0 bridgehead atoms. The molecule has 130 valence electrons. The Labute approximate surface area is 139 Å². The average molecular weight is 322 g/mol. The molecule has 0 aromatic rings. The zero-order chi connectivity index (χ0) is 16.1. The molecule has 3 aliphatic heterocycles. The molecule has 2 N–H and O–H groups in total. The summed E-state index contributed by atoms with van der Waals surface area (Å²) in [5.41, 5.74) is 0. The highest BCUT2D eigenvalue weighted by Gasteiger charge is 2.30. The summed E-state index contributed by atoms with van der Waals surface area (Å²) in [6.45, 7) is 6.82. The summed E-state index contributed by atoms with van der Waals surface area (Å²) < 4.78 is 0. The van der Waals surface area contributed by atoms with E-state index in [1.165, 1.54) is 0 Å². The van der Waals surface area contributed by atoms with Gasteiger partial charge in [-0.2, -0.15) is 0 Å². The second-order valence-corrected chi connectivity index (χ2v) is 7.05. The van der Waals surface area contributed by atoms with Crippen LogP contribution in [0.4, 0.5) is 0 Å². The van der Waals surface area contributed by atoms with Crippen LogP contribution in [0.5, 0.6) is 0 Å². The number of amides is 2. The molecule has 3 rings (SSSR count). The summed E-state index contributed by atoms with van der Waals surface area (Å²) in [6, 6.07) is 0. The first-order chi connectivity index (χ1) is 11.3. The first kappa shape index (κ1) is 16.7. The fourth-order valence-corrected chi connectivity index (χ4v) is 4.01. The lowest BCUT2D eigenvalue weighted by molar-refractivity contribution is -0.138. The van der Waals surface area contributed by atoms with E-state index in [4.69, 9.17) is 0 Å². The van der Waals surface area contributed by atoms with Gasteiger partial charge in [0.25, 0.3) is 0 Å². The van der Waals surface area contributed by atoms with Crippen LogP contribution in [0.15, 0.2) is 0 Å². The fraction of sp³-hybridized carbons (Fsp3) is 0.882. The number of hydrogen-bond acceptors (Lipinski definition) is 4. The summed E-state index contributed by atoms with van der Waals surface area (Å²) >= 11 is 0. The Hall–Kier alpha value is -1.14. The van der Waals surface area contributed by atoms with Crippen LogP contribution in [0.25, 0.3) is 0 Å². The van der Waals surface area contributed by atoms with Crippen molar-refractivity contribution in [3.05, 3.63) is 0 Å². The smallest absolute Gasteiger partial charge is 0.225 e. The molecule has 0 spiro atoms. The van der Waals surface area contributed by atoms with Crippen LogP contribution in [-0.4, -0.2) is 74.0 Å². The maximum Gasteiger partial charge on any atom is 0.225 e.